The molecule has 0 unspecified atom stereocenters. The first-order chi connectivity index (χ1) is 8.70. The van der Waals surface area contributed by atoms with Crippen molar-refractivity contribution < 1.29 is 4.74 Å². The van der Waals surface area contributed by atoms with Gasteiger partial charge in [-0.25, -0.2) is 4.98 Å². The Bertz CT molecular complexity index is 525. The van der Waals surface area contributed by atoms with Crippen LogP contribution in [0.4, 0.5) is 5.69 Å². The van der Waals surface area contributed by atoms with Crippen molar-refractivity contribution in [2.75, 3.05) is 11.9 Å². The van der Waals surface area contributed by atoms with Crippen LogP contribution in [-0.2, 0) is 13.6 Å². The van der Waals surface area contributed by atoms with E-state index in [0.29, 0.717) is 18.2 Å². The summed E-state index contributed by atoms with van der Waals surface area (Å²) in [6.45, 7) is 3.26. The Morgan fingerprint density at radius 2 is 2.28 bits per heavy atom. The molecular formula is C13H16ClN3O. The molecule has 1 aromatic carbocycles. The molecule has 0 aliphatic carbocycles. The van der Waals surface area contributed by atoms with Gasteiger partial charge in [-0.3, -0.25) is 0 Å². The van der Waals surface area contributed by atoms with Crippen molar-refractivity contribution in [3.05, 3.63) is 41.4 Å². The molecule has 0 fully saturated rings. The van der Waals surface area contributed by atoms with E-state index < -0.39 is 0 Å². The zero-order valence-corrected chi connectivity index (χ0v) is 11.2. The maximum Gasteiger partial charge on any atom is 0.142 e. The van der Waals surface area contributed by atoms with Gasteiger partial charge in [-0.2, -0.15) is 0 Å². The summed E-state index contributed by atoms with van der Waals surface area (Å²) >= 11 is 6.00. The first kappa shape index (κ1) is 12.8. The van der Waals surface area contributed by atoms with Crippen LogP contribution in [0.15, 0.2) is 30.7 Å². The maximum absolute atomic E-state index is 6.00. The first-order valence-electron chi connectivity index (χ1n) is 5.82. The highest BCUT2D eigenvalue weighted by Gasteiger charge is 2.05. The third-order valence-electron chi connectivity index (χ3n) is 2.62. The summed E-state index contributed by atoms with van der Waals surface area (Å²) in [5.41, 5.74) is 1.99. The Balaban J connectivity index is 2.12. The molecule has 0 bridgehead atoms. The van der Waals surface area contributed by atoms with Crippen LogP contribution in [0, 0.1) is 0 Å². The monoisotopic (exact) mass is 265 g/mol. The summed E-state index contributed by atoms with van der Waals surface area (Å²) in [6, 6.07) is 5.56. The minimum atomic E-state index is 0.627. The summed E-state index contributed by atoms with van der Waals surface area (Å²) < 4.78 is 7.52. The molecule has 96 valence electrons. The molecule has 0 radical (unpaired) electrons. The van der Waals surface area contributed by atoms with Gasteiger partial charge in [0.1, 0.15) is 5.75 Å². The van der Waals surface area contributed by atoms with E-state index in [1.54, 1.807) is 6.33 Å². The van der Waals surface area contributed by atoms with Gasteiger partial charge in [0.05, 0.1) is 30.9 Å². The van der Waals surface area contributed by atoms with Crippen LogP contribution in [0.25, 0.3) is 0 Å². The summed E-state index contributed by atoms with van der Waals surface area (Å²) in [5, 5.41) is 4.00. The van der Waals surface area contributed by atoms with E-state index in [1.165, 1.54) is 0 Å². The average Bonchev–Trinajstić information content (AvgIpc) is 2.75. The Hall–Kier alpha value is -1.68. The number of hydrogen-bond donors (Lipinski definition) is 1. The lowest BCUT2D eigenvalue weighted by Gasteiger charge is -2.12. The molecule has 0 aliphatic rings. The highest BCUT2D eigenvalue weighted by molar-refractivity contribution is 6.30. The van der Waals surface area contributed by atoms with E-state index in [2.05, 4.69) is 10.3 Å². The molecule has 4 nitrogen and oxygen atoms in total. The summed E-state index contributed by atoms with van der Waals surface area (Å²) in [6.07, 6.45) is 3.61. The van der Waals surface area contributed by atoms with Gasteiger partial charge in [-0.15, -0.1) is 0 Å². The number of halogens is 1. The molecule has 1 aromatic heterocycles. The van der Waals surface area contributed by atoms with Crippen molar-refractivity contribution in [1.29, 1.82) is 0 Å². The smallest absolute Gasteiger partial charge is 0.142 e. The fourth-order valence-electron chi connectivity index (χ4n) is 1.66. The molecule has 2 rings (SSSR count). The van der Waals surface area contributed by atoms with Gasteiger partial charge in [0.2, 0.25) is 0 Å². The van der Waals surface area contributed by atoms with E-state index >= 15 is 0 Å². The zero-order chi connectivity index (χ0) is 13.0. The van der Waals surface area contributed by atoms with Gasteiger partial charge >= 0.3 is 0 Å². The Labute approximate surface area is 112 Å². The van der Waals surface area contributed by atoms with Crippen LogP contribution in [0.3, 0.4) is 0 Å². The number of aromatic nitrogens is 2. The molecule has 2 aromatic rings. The van der Waals surface area contributed by atoms with Crippen LogP contribution >= 0.6 is 11.6 Å². The van der Waals surface area contributed by atoms with Crippen molar-refractivity contribution in [2.45, 2.75) is 13.5 Å². The van der Waals surface area contributed by atoms with E-state index in [1.807, 2.05) is 42.9 Å². The fourth-order valence-corrected chi connectivity index (χ4v) is 1.83. The third kappa shape index (κ3) is 2.96. The summed E-state index contributed by atoms with van der Waals surface area (Å²) in [7, 11) is 1.96. The molecule has 0 amide bonds. The minimum absolute atomic E-state index is 0.627. The summed E-state index contributed by atoms with van der Waals surface area (Å²) in [4.78, 5) is 4.08. The topological polar surface area (TPSA) is 39.1 Å². The van der Waals surface area contributed by atoms with Crippen molar-refractivity contribution in [3.8, 4) is 5.75 Å². The van der Waals surface area contributed by atoms with Crippen LogP contribution < -0.4 is 10.1 Å². The van der Waals surface area contributed by atoms with E-state index in [9.17, 15) is 0 Å². The predicted octanol–water partition coefficient (Wildman–Crippen LogP) is 3.08. The number of nitrogens with one attached hydrogen (secondary N) is 1. The molecular weight excluding hydrogens is 250 g/mol. The molecule has 5 heteroatoms. The number of rotatable bonds is 5. The lowest BCUT2D eigenvalue weighted by molar-refractivity contribution is 0.341. The van der Waals surface area contributed by atoms with Gasteiger partial charge in [0.25, 0.3) is 0 Å². The molecule has 18 heavy (non-hydrogen) atoms. The predicted molar refractivity (Wildman–Crippen MR) is 73.2 cm³/mol. The largest absolute Gasteiger partial charge is 0.492 e. The number of ether oxygens (including phenoxy) is 1. The van der Waals surface area contributed by atoms with Gasteiger partial charge in [0, 0.05) is 18.3 Å². The zero-order valence-electron chi connectivity index (χ0n) is 10.5. The molecule has 0 aliphatic heterocycles. The Morgan fingerprint density at radius 1 is 1.44 bits per heavy atom. The minimum Gasteiger partial charge on any atom is -0.492 e. The van der Waals surface area contributed by atoms with E-state index in [0.717, 1.165) is 17.1 Å². The Morgan fingerprint density at radius 3 is 2.94 bits per heavy atom. The van der Waals surface area contributed by atoms with Crippen molar-refractivity contribution in [3.63, 3.8) is 0 Å². The number of anilines is 1. The number of benzene rings is 1. The highest BCUT2D eigenvalue weighted by atomic mass is 35.5. The number of hydrogen-bond acceptors (Lipinski definition) is 3. The molecule has 0 saturated carbocycles. The molecule has 1 heterocycles. The van der Waals surface area contributed by atoms with Gasteiger partial charge in [-0.1, -0.05) is 11.6 Å². The van der Waals surface area contributed by atoms with Crippen molar-refractivity contribution in [2.24, 2.45) is 7.05 Å². The number of aryl methyl sites for hydroxylation is 1. The van der Waals surface area contributed by atoms with E-state index in [4.69, 9.17) is 16.3 Å². The molecule has 1 N–H and O–H groups in total. The van der Waals surface area contributed by atoms with Gasteiger partial charge < -0.3 is 14.6 Å². The van der Waals surface area contributed by atoms with Crippen LogP contribution in [0.1, 0.15) is 12.6 Å². The second-order valence-electron chi connectivity index (χ2n) is 3.92. The molecule has 0 atom stereocenters. The second kappa shape index (κ2) is 5.78. The standard InChI is InChI=1S/C13H16ClN3O/c1-3-18-13-5-4-10(14)6-12(13)16-8-11-7-15-9-17(11)2/h4-7,9,16H,3,8H2,1-2H3. The van der Waals surface area contributed by atoms with Gasteiger partial charge in [-0.05, 0) is 25.1 Å². The SMILES string of the molecule is CCOc1ccc(Cl)cc1NCc1cncn1C. The normalized spacial score (nSPS) is 10.4. The molecule has 0 saturated heterocycles. The highest BCUT2D eigenvalue weighted by Crippen LogP contribution is 2.28. The summed E-state index contributed by atoms with van der Waals surface area (Å²) in [5.74, 6) is 0.809. The lowest BCUT2D eigenvalue weighted by atomic mass is 10.3. The lowest BCUT2D eigenvalue weighted by Crippen LogP contribution is -2.05. The van der Waals surface area contributed by atoms with E-state index in [-0.39, 0.29) is 0 Å². The number of nitrogens with zero attached hydrogens (tertiary/aromatic N) is 2. The number of imidazole rings is 1. The van der Waals surface area contributed by atoms with Gasteiger partial charge in [0.15, 0.2) is 0 Å². The van der Waals surface area contributed by atoms with Crippen LogP contribution in [0.2, 0.25) is 5.02 Å². The Kier molecular flexibility index (Phi) is 4.10. The van der Waals surface area contributed by atoms with Crippen molar-refractivity contribution in [1.82, 2.24) is 9.55 Å². The molecule has 0 spiro atoms. The maximum atomic E-state index is 6.00. The third-order valence-corrected chi connectivity index (χ3v) is 2.85. The van der Waals surface area contributed by atoms with Crippen molar-refractivity contribution >= 4 is 17.3 Å². The fraction of sp³-hybridized carbons (Fsp3) is 0.308. The quantitative estimate of drug-likeness (QED) is 0.903. The van der Waals surface area contributed by atoms with Crippen LogP contribution in [0.5, 0.6) is 5.75 Å². The second-order valence-corrected chi connectivity index (χ2v) is 4.36. The van der Waals surface area contributed by atoms with Crippen LogP contribution in [-0.4, -0.2) is 16.2 Å². The average molecular weight is 266 g/mol. The first-order valence-corrected chi connectivity index (χ1v) is 6.20.